The highest BCUT2D eigenvalue weighted by atomic mass is 35.5. The minimum Gasteiger partial charge on any atom is -0.481 e. The van der Waals surface area contributed by atoms with Gasteiger partial charge in [-0.2, -0.15) is 0 Å². The van der Waals surface area contributed by atoms with Crippen molar-refractivity contribution in [3.8, 4) is 17.1 Å². The fraction of sp³-hybridized carbons (Fsp3) is 0.0476. The molecule has 0 bridgehead atoms. The topological polar surface area (TPSA) is 116 Å². The average Bonchev–Trinajstić information content (AvgIpc) is 3.05. The Kier molecular flexibility index (Phi) is 4.93. The Morgan fingerprint density at radius 3 is 2.57 bits per heavy atom. The molecule has 0 fully saturated rings. The van der Waals surface area contributed by atoms with Crippen LogP contribution in [-0.2, 0) is 0 Å². The fourth-order valence-corrected chi connectivity index (χ4v) is 3.21. The highest BCUT2D eigenvalue weighted by molar-refractivity contribution is 6.31. The lowest BCUT2D eigenvalue weighted by Crippen LogP contribution is -2.10. The zero-order valence-corrected chi connectivity index (χ0v) is 16.5. The number of nitrogens with zero attached hydrogens (tertiary/aromatic N) is 1. The SMILES string of the molecule is COc1cc2c(Nc3ccc(F)c(Cl)c3)c(N)oc2c(-c2ccc(C(N)=O)cc2)n1. The second-order valence-electron chi connectivity index (χ2n) is 6.43. The van der Waals surface area contributed by atoms with E-state index in [4.69, 9.17) is 32.2 Å². The summed E-state index contributed by atoms with van der Waals surface area (Å²) in [6.45, 7) is 0. The maximum absolute atomic E-state index is 13.5. The summed E-state index contributed by atoms with van der Waals surface area (Å²) in [5, 5.41) is 3.68. The van der Waals surface area contributed by atoms with E-state index in [1.807, 2.05) is 0 Å². The fourth-order valence-electron chi connectivity index (χ4n) is 3.03. The number of nitrogen functional groups attached to an aromatic ring is 1. The summed E-state index contributed by atoms with van der Waals surface area (Å²) in [5.74, 6) is -0.621. The van der Waals surface area contributed by atoms with Crippen molar-refractivity contribution in [3.05, 3.63) is 64.9 Å². The van der Waals surface area contributed by atoms with Gasteiger partial charge >= 0.3 is 0 Å². The van der Waals surface area contributed by atoms with Crippen LogP contribution in [0.4, 0.5) is 21.6 Å². The summed E-state index contributed by atoms with van der Waals surface area (Å²) in [6.07, 6.45) is 0. The van der Waals surface area contributed by atoms with Gasteiger partial charge in [-0.3, -0.25) is 4.79 Å². The molecule has 0 radical (unpaired) electrons. The van der Waals surface area contributed by atoms with E-state index in [2.05, 4.69) is 10.3 Å². The molecule has 0 atom stereocenters. The Morgan fingerprint density at radius 1 is 1.20 bits per heavy atom. The third kappa shape index (κ3) is 3.48. The standard InChI is InChI=1S/C21H16ClFN4O3/c1-29-16-9-13-18(26-12-6-7-15(23)14(22)8-12)21(25)30-19(13)17(27-16)10-2-4-11(5-3-10)20(24)28/h2-9,26H,25H2,1H3,(H2,24,28). The summed E-state index contributed by atoms with van der Waals surface area (Å²) in [4.78, 5) is 15.8. The number of benzene rings is 2. The van der Waals surface area contributed by atoms with Crippen LogP contribution in [-0.4, -0.2) is 18.0 Å². The minimum atomic E-state index is -0.531. The van der Waals surface area contributed by atoms with E-state index in [9.17, 15) is 9.18 Å². The molecule has 7 nitrogen and oxygen atoms in total. The van der Waals surface area contributed by atoms with E-state index in [0.717, 1.165) is 0 Å². The third-order valence-electron chi connectivity index (χ3n) is 4.52. The number of carbonyl (C=O) groups excluding carboxylic acids is 1. The van der Waals surface area contributed by atoms with Crippen LogP contribution in [0.25, 0.3) is 22.2 Å². The Morgan fingerprint density at radius 2 is 1.93 bits per heavy atom. The highest BCUT2D eigenvalue weighted by Crippen LogP contribution is 2.41. The summed E-state index contributed by atoms with van der Waals surface area (Å²) in [5.41, 5.74) is 14.3. The molecule has 1 amide bonds. The molecule has 0 unspecified atom stereocenters. The molecule has 9 heteroatoms. The van der Waals surface area contributed by atoms with Gasteiger partial charge in [-0.25, -0.2) is 9.37 Å². The number of anilines is 3. The summed E-state index contributed by atoms with van der Waals surface area (Å²) in [7, 11) is 1.49. The number of methoxy groups -OCH3 is 1. The quantitative estimate of drug-likeness (QED) is 0.425. The molecule has 5 N–H and O–H groups in total. The first-order valence-electron chi connectivity index (χ1n) is 8.76. The molecule has 2 heterocycles. The van der Waals surface area contributed by atoms with Crippen molar-refractivity contribution < 1.29 is 18.3 Å². The first kappa shape index (κ1) is 19.5. The van der Waals surface area contributed by atoms with Crippen molar-refractivity contribution in [3.63, 3.8) is 0 Å². The number of fused-ring (bicyclic) bond motifs is 1. The van der Waals surface area contributed by atoms with Crippen LogP contribution < -0.4 is 21.5 Å². The van der Waals surface area contributed by atoms with Gasteiger partial charge in [0, 0.05) is 22.9 Å². The van der Waals surface area contributed by atoms with Gasteiger partial charge in [0.2, 0.25) is 17.7 Å². The summed E-state index contributed by atoms with van der Waals surface area (Å²) in [6, 6.07) is 12.5. The number of amides is 1. The third-order valence-corrected chi connectivity index (χ3v) is 4.81. The van der Waals surface area contributed by atoms with Gasteiger partial charge in [-0.05, 0) is 30.3 Å². The van der Waals surface area contributed by atoms with Gasteiger partial charge in [0.05, 0.1) is 17.5 Å². The van der Waals surface area contributed by atoms with Gasteiger partial charge in [-0.1, -0.05) is 23.7 Å². The molecule has 152 valence electrons. The molecule has 2 aromatic carbocycles. The molecule has 0 spiro atoms. The number of pyridine rings is 1. The number of halogens is 2. The number of nitrogens with two attached hydrogens (primary N) is 2. The summed E-state index contributed by atoms with van der Waals surface area (Å²) >= 11 is 5.87. The number of hydrogen-bond acceptors (Lipinski definition) is 6. The molecule has 0 aliphatic carbocycles. The van der Waals surface area contributed by atoms with E-state index >= 15 is 0 Å². The molecule has 0 aliphatic heterocycles. The number of furan rings is 1. The number of nitrogens with one attached hydrogen (secondary N) is 1. The molecule has 30 heavy (non-hydrogen) atoms. The van der Waals surface area contributed by atoms with Crippen LogP contribution in [0.1, 0.15) is 10.4 Å². The van der Waals surface area contributed by atoms with E-state index in [1.54, 1.807) is 30.3 Å². The number of carbonyl (C=O) groups is 1. The van der Waals surface area contributed by atoms with Crippen molar-refractivity contribution >= 4 is 45.7 Å². The van der Waals surface area contributed by atoms with Crippen LogP contribution in [0.5, 0.6) is 5.88 Å². The molecular weight excluding hydrogens is 411 g/mol. The van der Waals surface area contributed by atoms with Crippen molar-refractivity contribution in [1.29, 1.82) is 0 Å². The molecule has 4 aromatic rings. The largest absolute Gasteiger partial charge is 0.481 e. The Labute approximate surface area is 175 Å². The number of rotatable bonds is 5. The first-order chi connectivity index (χ1) is 14.4. The number of hydrogen-bond donors (Lipinski definition) is 3. The zero-order chi connectivity index (χ0) is 21.4. The number of aromatic nitrogens is 1. The molecular formula is C21H16ClFN4O3. The smallest absolute Gasteiger partial charge is 0.248 e. The summed E-state index contributed by atoms with van der Waals surface area (Å²) < 4.78 is 24.6. The average molecular weight is 427 g/mol. The second-order valence-corrected chi connectivity index (χ2v) is 6.83. The molecule has 2 aromatic heterocycles. The lowest BCUT2D eigenvalue weighted by Gasteiger charge is -2.08. The predicted octanol–water partition coefficient (Wildman–Crippen LogP) is 4.72. The van der Waals surface area contributed by atoms with E-state index in [0.29, 0.717) is 45.0 Å². The van der Waals surface area contributed by atoms with Crippen LogP contribution >= 0.6 is 11.6 Å². The van der Waals surface area contributed by atoms with Crippen LogP contribution in [0.15, 0.2) is 52.9 Å². The molecule has 4 rings (SSSR count). The Hall–Kier alpha value is -3.78. The van der Waals surface area contributed by atoms with E-state index in [1.165, 1.54) is 25.3 Å². The molecule has 0 aliphatic rings. The van der Waals surface area contributed by atoms with Gasteiger partial charge in [0.15, 0.2) is 5.58 Å². The molecule has 0 saturated heterocycles. The monoisotopic (exact) mass is 426 g/mol. The van der Waals surface area contributed by atoms with Crippen molar-refractivity contribution in [1.82, 2.24) is 4.98 Å². The highest BCUT2D eigenvalue weighted by Gasteiger charge is 2.20. The number of primary amides is 1. The van der Waals surface area contributed by atoms with Crippen LogP contribution in [0.2, 0.25) is 5.02 Å². The lowest BCUT2D eigenvalue weighted by molar-refractivity contribution is 0.100. The Balaban J connectivity index is 1.85. The number of ether oxygens (including phenoxy) is 1. The van der Waals surface area contributed by atoms with Gasteiger partial charge < -0.3 is 25.9 Å². The van der Waals surface area contributed by atoms with Crippen molar-refractivity contribution in [2.75, 3.05) is 18.2 Å². The lowest BCUT2D eigenvalue weighted by atomic mass is 10.1. The van der Waals surface area contributed by atoms with Crippen LogP contribution in [0, 0.1) is 5.82 Å². The van der Waals surface area contributed by atoms with Crippen LogP contribution in [0.3, 0.4) is 0 Å². The van der Waals surface area contributed by atoms with Gasteiger partial charge in [0.25, 0.3) is 0 Å². The Bertz CT molecular complexity index is 1270. The van der Waals surface area contributed by atoms with E-state index < -0.39 is 11.7 Å². The minimum absolute atomic E-state index is 0.0270. The van der Waals surface area contributed by atoms with Gasteiger partial charge in [-0.15, -0.1) is 0 Å². The van der Waals surface area contributed by atoms with Crippen molar-refractivity contribution in [2.45, 2.75) is 0 Å². The maximum Gasteiger partial charge on any atom is 0.248 e. The predicted molar refractivity (Wildman–Crippen MR) is 114 cm³/mol. The molecule has 0 saturated carbocycles. The van der Waals surface area contributed by atoms with Crippen molar-refractivity contribution in [2.24, 2.45) is 5.73 Å². The van der Waals surface area contributed by atoms with E-state index in [-0.39, 0.29) is 10.9 Å². The van der Waals surface area contributed by atoms with Gasteiger partial charge in [0.1, 0.15) is 17.2 Å². The zero-order valence-electron chi connectivity index (χ0n) is 15.7. The first-order valence-corrected chi connectivity index (χ1v) is 9.14. The maximum atomic E-state index is 13.5. The normalized spacial score (nSPS) is 10.9. The second kappa shape index (κ2) is 7.57.